The minimum atomic E-state index is -3.65. The number of sulfonamides is 1. The second kappa shape index (κ2) is 8.88. The Bertz CT molecular complexity index is 982. The van der Waals surface area contributed by atoms with Gasteiger partial charge in [-0.15, -0.1) is 0 Å². The Labute approximate surface area is 178 Å². The fourth-order valence-electron chi connectivity index (χ4n) is 3.94. The Morgan fingerprint density at radius 2 is 1.73 bits per heavy atom. The van der Waals surface area contributed by atoms with Crippen molar-refractivity contribution in [2.45, 2.75) is 49.2 Å². The number of nitrogens with one attached hydrogen (secondary N) is 1. The van der Waals surface area contributed by atoms with Gasteiger partial charge in [0, 0.05) is 44.3 Å². The number of amides is 1. The largest absolute Gasteiger partial charge is 0.349 e. The van der Waals surface area contributed by atoms with Gasteiger partial charge in [-0.3, -0.25) is 9.69 Å². The van der Waals surface area contributed by atoms with Gasteiger partial charge in [0.15, 0.2) is 0 Å². The number of carbonyl (C=O) groups is 1. The Hall–Kier alpha value is -2.22. The van der Waals surface area contributed by atoms with Crippen LogP contribution in [0.4, 0.5) is 0 Å². The third-order valence-electron chi connectivity index (χ3n) is 6.01. The number of likely N-dealkylation sites (tertiary alicyclic amines) is 1. The highest BCUT2D eigenvalue weighted by molar-refractivity contribution is 7.89. The van der Waals surface area contributed by atoms with Gasteiger partial charge in [0.1, 0.15) is 0 Å². The van der Waals surface area contributed by atoms with E-state index < -0.39 is 10.0 Å². The molecule has 0 aromatic heterocycles. The van der Waals surface area contributed by atoms with E-state index in [0.717, 1.165) is 45.3 Å². The Balaban J connectivity index is 1.39. The summed E-state index contributed by atoms with van der Waals surface area (Å²) in [5.74, 6) is -0.202. The molecule has 1 heterocycles. The number of rotatable bonds is 7. The van der Waals surface area contributed by atoms with E-state index in [4.69, 9.17) is 0 Å². The second-order valence-corrected chi connectivity index (χ2v) is 10.3. The molecule has 0 unspecified atom stereocenters. The van der Waals surface area contributed by atoms with E-state index in [9.17, 15) is 13.2 Å². The lowest BCUT2D eigenvalue weighted by Crippen LogP contribution is -2.45. The van der Waals surface area contributed by atoms with Crippen LogP contribution in [-0.2, 0) is 16.6 Å². The average molecular weight is 428 g/mol. The molecule has 0 atom stereocenters. The van der Waals surface area contributed by atoms with E-state index in [1.165, 1.54) is 15.9 Å². The van der Waals surface area contributed by atoms with Crippen molar-refractivity contribution in [2.24, 2.45) is 0 Å². The second-order valence-electron chi connectivity index (χ2n) is 8.29. The van der Waals surface area contributed by atoms with Gasteiger partial charge < -0.3 is 5.32 Å². The molecule has 0 bridgehead atoms. The van der Waals surface area contributed by atoms with Crippen LogP contribution in [0.2, 0.25) is 0 Å². The monoisotopic (exact) mass is 427 g/mol. The maximum absolute atomic E-state index is 13.2. The minimum absolute atomic E-state index is 0.0361. The third-order valence-corrected chi connectivity index (χ3v) is 7.91. The highest BCUT2D eigenvalue weighted by Crippen LogP contribution is 2.25. The number of carbonyl (C=O) groups excluding carboxylic acids is 1. The van der Waals surface area contributed by atoms with Gasteiger partial charge >= 0.3 is 0 Å². The molecule has 1 amide bonds. The number of benzene rings is 2. The predicted molar refractivity (Wildman–Crippen MR) is 117 cm³/mol. The lowest BCUT2D eigenvalue weighted by atomic mass is 10.0. The topological polar surface area (TPSA) is 69.7 Å². The van der Waals surface area contributed by atoms with Crippen LogP contribution in [0.1, 0.15) is 41.6 Å². The summed E-state index contributed by atoms with van der Waals surface area (Å²) in [6.07, 6.45) is 3.58. The van der Waals surface area contributed by atoms with Crippen molar-refractivity contribution < 1.29 is 13.2 Å². The fourth-order valence-corrected chi connectivity index (χ4v) is 5.40. The highest BCUT2D eigenvalue weighted by atomic mass is 32.2. The molecule has 30 heavy (non-hydrogen) atoms. The SMILES string of the molecule is CN(C1CCN(Cc2ccccc2)CC1)S(=O)(=O)c1cccc(C(=O)NC2CC2)c1. The van der Waals surface area contributed by atoms with Crippen molar-refractivity contribution in [2.75, 3.05) is 20.1 Å². The Morgan fingerprint density at radius 1 is 1.03 bits per heavy atom. The van der Waals surface area contributed by atoms with Gasteiger partial charge in [-0.1, -0.05) is 36.4 Å². The van der Waals surface area contributed by atoms with Crippen LogP contribution >= 0.6 is 0 Å². The van der Waals surface area contributed by atoms with Crippen LogP contribution in [0.3, 0.4) is 0 Å². The molecular weight excluding hydrogens is 398 g/mol. The van der Waals surface area contributed by atoms with Gasteiger partial charge in [-0.2, -0.15) is 4.31 Å². The Morgan fingerprint density at radius 3 is 2.40 bits per heavy atom. The zero-order chi connectivity index (χ0) is 21.1. The van der Waals surface area contributed by atoms with E-state index in [1.54, 1.807) is 25.2 Å². The first-order chi connectivity index (χ1) is 14.4. The van der Waals surface area contributed by atoms with Crippen LogP contribution in [0.15, 0.2) is 59.5 Å². The first kappa shape index (κ1) is 21.0. The smallest absolute Gasteiger partial charge is 0.251 e. The maximum Gasteiger partial charge on any atom is 0.251 e. The number of nitrogens with zero attached hydrogens (tertiary/aromatic N) is 2. The van der Waals surface area contributed by atoms with Crippen molar-refractivity contribution in [3.8, 4) is 0 Å². The van der Waals surface area contributed by atoms with Crippen molar-refractivity contribution in [3.63, 3.8) is 0 Å². The standard InChI is InChI=1S/C23H29N3O3S/c1-25(21-12-14-26(15-13-21)17-18-6-3-2-4-7-18)30(28,29)22-9-5-8-19(16-22)23(27)24-20-10-11-20/h2-9,16,20-21H,10-15,17H2,1H3,(H,24,27). The van der Waals surface area contributed by atoms with Crippen LogP contribution in [0.5, 0.6) is 0 Å². The Kier molecular flexibility index (Phi) is 6.22. The summed E-state index contributed by atoms with van der Waals surface area (Å²) < 4.78 is 27.9. The zero-order valence-electron chi connectivity index (χ0n) is 17.3. The molecule has 2 aromatic carbocycles. The summed E-state index contributed by atoms with van der Waals surface area (Å²) in [6.45, 7) is 2.62. The molecule has 1 saturated heterocycles. The van der Waals surface area contributed by atoms with Crippen LogP contribution in [-0.4, -0.2) is 55.8 Å². The number of piperidine rings is 1. The van der Waals surface area contributed by atoms with Crippen LogP contribution in [0, 0.1) is 0 Å². The molecule has 0 spiro atoms. The summed E-state index contributed by atoms with van der Waals surface area (Å²) in [7, 11) is -1.99. The molecule has 2 aliphatic rings. The van der Waals surface area contributed by atoms with E-state index in [1.807, 2.05) is 18.2 Å². The van der Waals surface area contributed by atoms with Gasteiger partial charge in [0.25, 0.3) is 5.91 Å². The average Bonchev–Trinajstić information content (AvgIpc) is 3.58. The molecule has 4 rings (SSSR count). The van der Waals surface area contributed by atoms with E-state index in [0.29, 0.717) is 5.56 Å². The molecule has 1 saturated carbocycles. The summed E-state index contributed by atoms with van der Waals surface area (Å²) in [4.78, 5) is 14.9. The van der Waals surface area contributed by atoms with Gasteiger partial charge in [0.2, 0.25) is 10.0 Å². The normalized spacial score (nSPS) is 18.5. The van der Waals surface area contributed by atoms with Crippen molar-refractivity contribution in [3.05, 3.63) is 65.7 Å². The molecular formula is C23H29N3O3S. The molecule has 1 N–H and O–H groups in total. The first-order valence-electron chi connectivity index (χ1n) is 10.6. The summed E-state index contributed by atoms with van der Waals surface area (Å²) >= 11 is 0. The van der Waals surface area contributed by atoms with Crippen LogP contribution in [0.25, 0.3) is 0 Å². The highest BCUT2D eigenvalue weighted by Gasteiger charge is 2.31. The number of hydrogen-bond acceptors (Lipinski definition) is 4. The van der Waals surface area contributed by atoms with E-state index in [2.05, 4.69) is 22.3 Å². The van der Waals surface area contributed by atoms with Crippen molar-refractivity contribution in [1.82, 2.24) is 14.5 Å². The minimum Gasteiger partial charge on any atom is -0.349 e. The predicted octanol–water partition coefficient (Wildman–Crippen LogP) is 2.86. The molecule has 160 valence electrons. The zero-order valence-corrected chi connectivity index (χ0v) is 18.1. The lowest BCUT2D eigenvalue weighted by molar-refractivity contribution is 0.0951. The molecule has 7 heteroatoms. The lowest BCUT2D eigenvalue weighted by Gasteiger charge is -2.36. The first-order valence-corrected chi connectivity index (χ1v) is 12.0. The third kappa shape index (κ3) is 4.91. The summed E-state index contributed by atoms with van der Waals surface area (Å²) in [6, 6.07) is 16.9. The van der Waals surface area contributed by atoms with Gasteiger partial charge in [0.05, 0.1) is 4.90 Å². The van der Waals surface area contributed by atoms with Crippen molar-refractivity contribution in [1.29, 1.82) is 0 Å². The molecule has 6 nitrogen and oxygen atoms in total. The van der Waals surface area contributed by atoms with Crippen molar-refractivity contribution >= 4 is 15.9 Å². The number of hydrogen-bond donors (Lipinski definition) is 1. The van der Waals surface area contributed by atoms with E-state index >= 15 is 0 Å². The molecule has 2 aromatic rings. The molecule has 1 aliphatic heterocycles. The molecule has 2 fully saturated rings. The quantitative estimate of drug-likeness (QED) is 0.738. The van der Waals surface area contributed by atoms with Crippen LogP contribution < -0.4 is 5.32 Å². The molecule has 1 aliphatic carbocycles. The summed E-state index contributed by atoms with van der Waals surface area (Å²) in [5, 5.41) is 2.91. The van der Waals surface area contributed by atoms with Gasteiger partial charge in [-0.25, -0.2) is 8.42 Å². The molecule has 0 radical (unpaired) electrons. The maximum atomic E-state index is 13.2. The fraction of sp³-hybridized carbons (Fsp3) is 0.435. The summed E-state index contributed by atoms with van der Waals surface area (Å²) in [5.41, 5.74) is 1.67. The van der Waals surface area contributed by atoms with E-state index in [-0.39, 0.29) is 22.9 Å². The van der Waals surface area contributed by atoms with Gasteiger partial charge in [-0.05, 0) is 49.4 Å².